The summed E-state index contributed by atoms with van der Waals surface area (Å²) in [7, 11) is 0. The van der Waals surface area contributed by atoms with Crippen molar-refractivity contribution >= 4 is 17.7 Å². The number of thioether (sulfide) groups is 1. The highest BCUT2D eigenvalue weighted by atomic mass is 32.2. The molecular weight excluding hydrogens is 246 g/mol. The molecule has 0 heterocycles. The summed E-state index contributed by atoms with van der Waals surface area (Å²) in [6.07, 6.45) is 0. The van der Waals surface area contributed by atoms with Crippen LogP contribution in [0.5, 0.6) is 0 Å². The molecule has 5 heteroatoms. The van der Waals surface area contributed by atoms with E-state index in [0.29, 0.717) is 22.2 Å². The Morgan fingerprint density at radius 2 is 2.00 bits per heavy atom. The topological polar surface area (TPSA) is 26.3 Å². The number of ether oxygens (including phenoxy) is 1. The number of hydrogen-bond donors (Lipinski definition) is 0. The van der Waals surface area contributed by atoms with E-state index in [-0.39, 0.29) is 6.61 Å². The number of benzene rings is 1. The van der Waals surface area contributed by atoms with E-state index in [1.807, 2.05) is 0 Å². The Bertz CT molecular complexity index is 401. The maximum atomic E-state index is 12.1. The Morgan fingerprint density at radius 1 is 1.41 bits per heavy atom. The maximum Gasteiger partial charge on any atom is 0.338 e. The van der Waals surface area contributed by atoms with Crippen LogP contribution in [-0.4, -0.2) is 18.3 Å². The van der Waals surface area contributed by atoms with Crippen LogP contribution in [0.3, 0.4) is 0 Å². The molecule has 0 aliphatic heterocycles. The minimum absolute atomic E-state index is 0.159. The van der Waals surface area contributed by atoms with Gasteiger partial charge in [-0.25, -0.2) is 4.79 Å². The Hall–Kier alpha value is -1.36. The monoisotopic (exact) mass is 258 g/mol. The second-order valence-electron chi connectivity index (χ2n) is 3.44. The molecule has 0 amide bonds. The first-order chi connectivity index (χ1) is 7.99. The van der Waals surface area contributed by atoms with Crippen LogP contribution in [0.25, 0.3) is 0 Å². The molecular formula is C12H12F2O2S. The molecule has 0 bridgehead atoms. The van der Waals surface area contributed by atoms with Gasteiger partial charge in [0.2, 0.25) is 0 Å². The number of hydrogen-bond acceptors (Lipinski definition) is 3. The normalized spacial score (nSPS) is 10.4. The highest BCUT2D eigenvalue weighted by Gasteiger charge is 2.09. The molecule has 0 saturated carbocycles. The molecule has 0 N–H and O–H groups in total. The summed E-state index contributed by atoms with van der Waals surface area (Å²) in [5, 5.41) is 0. The fourth-order valence-corrected chi connectivity index (χ4v) is 1.54. The van der Waals surface area contributed by atoms with Crippen LogP contribution in [0.15, 0.2) is 41.3 Å². The minimum atomic E-state index is -2.46. The summed E-state index contributed by atoms with van der Waals surface area (Å²) in [6.45, 7) is 5.51. The van der Waals surface area contributed by atoms with E-state index >= 15 is 0 Å². The van der Waals surface area contributed by atoms with Gasteiger partial charge in [0, 0.05) is 4.90 Å². The van der Waals surface area contributed by atoms with Crippen LogP contribution in [0.4, 0.5) is 8.78 Å². The molecule has 0 atom stereocenters. The van der Waals surface area contributed by atoms with Gasteiger partial charge in [0.15, 0.2) is 0 Å². The minimum Gasteiger partial charge on any atom is -0.458 e. The third-order valence-electron chi connectivity index (χ3n) is 1.76. The Morgan fingerprint density at radius 3 is 2.47 bits per heavy atom. The average Bonchev–Trinajstić information content (AvgIpc) is 2.26. The smallest absolute Gasteiger partial charge is 0.338 e. The van der Waals surface area contributed by atoms with E-state index in [2.05, 4.69) is 6.58 Å². The number of alkyl halides is 2. The molecule has 92 valence electrons. The molecule has 2 nitrogen and oxygen atoms in total. The Labute approximate surface area is 103 Å². The zero-order valence-corrected chi connectivity index (χ0v) is 10.1. The highest BCUT2D eigenvalue weighted by Crippen LogP contribution is 2.25. The molecule has 0 fully saturated rings. The third kappa shape index (κ3) is 4.99. The molecule has 0 aromatic heterocycles. The number of esters is 1. The van der Waals surface area contributed by atoms with Crippen molar-refractivity contribution in [2.24, 2.45) is 0 Å². The lowest BCUT2D eigenvalue weighted by Gasteiger charge is -2.05. The summed E-state index contributed by atoms with van der Waals surface area (Å²) in [6, 6.07) is 5.86. The zero-order valence-electron chi connectivity index (χ0n) is 9.28. The molecule has 1 aromatic carbocycles. The van der Waals surface area contributed by atoms with Crippen molar-refractivity contribution in [1.29, 1.82) is 0 Å². The molecule has 0 aliphatic rings. The van der Waals surface area contributed by atoms with Gasteiger partial charge >= 0.3 is 5.97 Å². The number of halogens is 2. The van der Waals surface area contributed by atoms with Crippen molar-refractivity contribution < 1.29 is 18.3 Å². The van der Waals surface area contributed by atoms with Gasteiger partial charge < -0.3 is 4.74 Å². The standard InChI is InChI=1S/C12H12F2O2S/c1-8(2)7-16-11(15)9-3-5-10(6-4-9)17-12(13)14/h3-6,12H,1,7H2,2H3. The molecule has 1 rings (SSSR count). The molecule has 0 unspecified atom stereocenters. The fourth-order valence-electron chi connectivity index (χ4n) is 1.04. The van der Waals surface area contributed by atoms with Crippen molar-refractivity contribution in [3.05, 3.63) is 42.0 Å². The predicted octanol–water partition coefficient (Wildman–Crippen LogP) is 3.73. The van der Waals surface area contributed by atoms with Gasteiger partial charge in [-0.15, -0.1) is 0 Å². The summed E-state index contributed by atoms with van der Waals surface area (Å²) in [5.41, 5.74) is 1.08. The second-order valence-corrected chi connectivity index (χ2v) is 4.50. The fraction of sp³-hybridized carbons (Fsp3) is 0.250. The Balaban J connectivity index is 2.60. The molecule has 1 aromatic rings. The van der Waals surface area contributed by atoms with Crippen molar-refractivity contribution in [2.75, 3.05) is 6.61 Å². The van der Waals surface area contributed by atoms with Crippen molar-refractivity contribution in [1.82, 2.24) is 0 Å². The SMILES string of the molecule is C=C(C)COC(=O)c1ccc(SC(F)F)cc1. The first-order valence-corrected chi connectivity index (χ1v) is 5.73. The summed E-state index contributed by atoms with van der Waals surface area (Å²) < 4.78 is 29.0. The lowest BCUT2D eigenvalue weighted by atomic mass is 10.2. The van der Waals surface area contributed by atoms with E-state index in [1.54, 1.807) is 6.92 Å². The molecule has 0 aliphatic carbocycles. The van der Waals surface area contributed by atoms with Crippen LogP contribution >= 0.6 is 11.8 Å². The number of carbonyl (C=O) groups excluding carboxylic acids is 1. The zero-order chi connectivity index (χ0) is 12.8. The van der Waals surface area contributed by atoms with E-state index in [9.17, 15) is 13.6 Å². The summed E-state index contributed by atoms with van der Waals surface area (Å²) >= 11 is 0.438. The van der Waals surface area contributed by atoms with Crippen LogP contribution in [0, 0.1) is 0 Å². The molecule has 0 spiro atoms. The van der Waals surface area contributed by atoms with Gasteiger partial charge in [0.1, 0.15) is 6.61 Å². The summed E-state index contributed by atoms with van der Waals surface area (Å²) in [4.78, 5) is 11.9. The first kappa shape index (κ1) is 13.7. The van der Waals surface area contributed by atoms with Crippen molar-refractivity contribution in [3.63, 3.8) is 0 Å². The molecule has 0 radical (unpaired) electrons. The Kier molecular flexibility index (Phi) is 5.15. The van der Waals surface area contributed by atoms with Gasteiger partial charge in [-0.2, -0.15) is 8.78 Å². The van der Waals surface area contributed by atoms with Crippen LogP contribution in [0.2, 0.25) is 0 Å². The van der Waals surface area contributed by atoms with Crippen LogP contribution in [-0.2, 0) is 4.74 Å². The van der Waals surface area contributed by atoms with E-state index in [1.165, 1.54) is 24.3 Å². The lowest BCUT2D eigenvalue weighted by molar-refractivity contribution is 0.0540. The quantitative estimate of drug-likeness (QED) is 0.457. The van der Waals surface area contributed by atoms with Crippen LogP contribution in [0.1, 0.15) is 17.3 Å². The molecule has 0 saturated heterocycles. The van der Waals surface area contributed by atoms with E-state index < -0.39 is 11.7 Å². The van der Waals surface area contributed by atoms with Gasteiger partial charge in [-0.1, -0.05) is 18.3 Å². The number of rotatable bonds is 5. The van der Waals surface area contributed by atoms with Crippen molar-refractivity contribution in [3.8, 4) is 0 Å². The second kappa shape index (κ2) is 6.39. The van der Waals surface area contributed by atoms with E-state index in [4.69, 9.17) is 4.74 Å². The van der Waals surface area contributed by atoms with Gasteiger partial charge in [-0.05, 0) is 36.8 Å². The van der Waals surface area contributed by atoms with Crippen molar-refractivity contribution in [2.45, 2.75) is 17.6 Å². The molecule has 17 heavy (non-hydrogen) atoms. The first-order valence-electron chi connectivity index (χ1n) is 4.85. The van der Waals surface area contributed by atoms with Gasteiger partial charge in [-0.3, -0.25) is 0 Å². The van der Waals surface area contributed by atoms with Gasteiger partial charge in [0.25, 0.3) is 5.76 Å². The summed E-state index contributed by atoms with van der Waals surface area (Å²) in [5.74, 6) is -2.95. The highest BCUT2D eigenvalue weighted by molar-refractivity contribution is 7.99. The lowest BCUT2D eigenvalue weighted by Crippen LogP contribution is -2.06. The average molecular weight is 258 g/mol. The third-order valence-corrected chi connectivity index (χ3v) is 2.49. The largest absolute Gasteiger partial charge is 0.458 e. The predicted molar refractivity (Wildman–Crippen MR) is 63.4 cm³/mol. The van der Waals surface area contributed by atoms with Crippen LogP contribution < -0.4 is 0 Å². The van der Waals surface area contributed by atoms with Gasteiger partial charge in [0.05, 0.1) is 5.56 Å². The maximum absolute atomic E-state index is 12.1. The van der Waals surface area contributed by atoms with E-state index in [0.717, 1.165) is 5.57 Å². The number of carbonyl (C=O) groups is 1.